The average Bonchev–Trinajstić information content (AvgIpc) is 2.36. The lowest BCUT2D eigenvalue weighted by molar-refractivity contribution is 0.480. The van der Waals surface area contributed by atoms with Crippen LogP contribution in [0.4, 0.5) is 0 Å². The van der Waals surface area contributed by atoms with Crippen molar-refractivity contribution in [3.05, 3.63) is 29.3 Å². The van der Waals surface area contributed by atoms with Gasteiger partial charge in [0.05, 0.1) is 10.6 Å². The smallest absolute Gasteiger partial charge is 0.178 e. The second-order valence-electron chi connectivity index (χ2n) is 5.03. The van der Waals surface area contributed by atoms with Gasteiger partial charge < -0.3 is 11.5 Å². The van der Waals surface area contributed by atoms with Crippen molar-refractivity contribution in [2.75, 3.05) is 12.3 Å². The summed E-state index contributed by atoms with van der Waals surface area (Å²) in [5, 5.41) is 0. The van der Waals surface area contributed by atoms with Gasteiger partial charge in [0.25, 0.3) is 0 Å². The average molecular weight is 268 g/mol. The molecule has 4 N–H and O–H groups in total. The van der Waals surface area contributed by atoms with Crippen LogP contribution in [0, 0.1) is 5.92 Å². The molecule has 0 spiro atoms. The third-order valence-corrected chi connectivity index (χ3v) is 5.54. The summed E-state index contributed by atoms with van der Waals surface area (Å²) in [5.74, 6) is 0.438. The molecule has 0 bridgehead atoms. The summed E-state index contributed by atoms with van der Waals surface area (Å²) in [6, 6.07) is 5.31. The summed E-state index contributed by atoms with van der Waals surface area (Å²) in [7, 11) is -3.08. The molecule has 0 aromatic heterocycles. The number of hydrogen-bond acceptors (Lipinski definition) is 4. The highest BCUT2D eigenvalue weighted by Gasteiger charge is 2.24. The monoisotopic (exact) mass is 268 g/mol. The lowest BCUT2D eigenvalue weighted by Crippen LogP contribution is -2.26. The predicted octanol–water partition coefficient (Wildman–Crippen LogP) is 1.00. The highest BCUT2D eigenvalue weighted by molar-refractivity contribution is 7.91. The van der Waals surface area contributed by atoms with Gasteiger partial charge >= 0.3 is 0 Å². The van der Waals surface area contributed by atoms with E-state index in [1.54, 1.807) is 6.07 Å². The van der Waals surface area contributed by atoms with Crippen LogP contribution in [0.1, 0.15) is 30.5 Å². The largest absolute Gasteiger partial charge is 0.330 e. The van der Waals surface area contributed by atoms with E-state index < -0.39 is 9.84 Å². The fourth-order valence-electron chi connectivity index (χ4n) is 2.34. The van der Waals surface area contributed by atoms with Crippen molar-refractivity contribution in [2.24, 2.45) is 17.4 Å². The Labute approximate surface area is 108 Å². The Morgan fingerprint density at radius 1 is 1.39 bits per heavy atom. The fourth-order valence-corrected chi connectivity index (χ4v) is 3.92. The molecule has 1 aromatic rings. The van der Waals surface area contributed by atoms with E-state index in [1.165, 1.54) is 0 Å². The molecular weight excluding hydrogens is 248 g/mol. The molecule has 1 aliphatic rings. The van der Waals surface area contributed by atoms with E-state index >= 15 is 0 Å². The van der Waals surface area contributed by atoms with Crippen LogP contribution in [0.15, 0.2) is 23.1 Å². The van der Waals surface area contributed by atoms with Crippen molar-refractivity contribution in [3.63, 3.8) is 0 Å². The van der Waals surface area contributed by atoms with Crippen LogP contribution >= 0.6 is 0 Å². The van der Waals surface area contributed by atoms with Crippen LogP contribution in [0.2, 0.25) is 0 Å². The number of benzene rings is 1. The maximum absolute atomic E-state index is 11.9. The first-order chi connectivity index (χ1) is 8.45. The highest BCUT2D eigenvalue weighted by Crippen LogP contribution is 2.28. The number of aryl methyl sites for hydroxylation is 1. The second-order valence-corrected chi connectivity index (χ2v) is 7.11. The van der Waals surface area contributed by atoms with E-state index in [4.69, 9.17) is 11.5 Å². The molecule has 2 atom stereocenters. The van der Waals surface area contributed by atoms with Crippen molar-refractivity contribution in [3.8, 4) is 0 Å². The van der Waals surface area contributed by atoms with Crippen molar-refractivity contribution in [1.29, 1.82) is 0 Å². The molecule has 0 amide bonds. The van der Waals surface area contributed by atoms with Crippen molar-refractivity contribution < 1.29 is 8.42 Å². The molecule has 1 heterocycles. The first-order valence-corrected chi connectivity index (χ1v) is 7.92. The Balaban J connectivity index is 2.39. The zero-order valence-electron chi connectivity index (χ0n) is 10.6. The first-order valence-electron chi connectivity index (χ1n) is 6.27. The van der Waals surface area contributed by atoms with Gasteiger partial charge in [-0.15, -0.1) is 0 Å². The van der Waals surface area contributed by atoms with Gasteiger partial charge in [-0.1, -0.05) is 19.1 Å². The maximum Gasteiger partial charge on any atom is 0.178 e. The standard InChI is InChI=1S/C13H20N2O2S/c1-9(8-14)13(15)11-4-5-12-10(7-11)3-2-6-18(12,16)17/h4-5,7,9,13H,2-3,6,8,14-15H2,1H3. The van der Waals surface area contributed by atoms with Crippen LogP contribution in [0.3, 0.4) is 0 Å². The Kier molecular flexibility index (Phi) is 3.75. The lowest BCUT2D eigenvalue weighted by atomic mass is 9.93. The third-order valence-electron chi connectivity index (χ3n) is 3.65. The molecule has 0 saturated carbocycles. The molecule has 18 heavy (non-hydrogen) atoms. The van der Waals surface area contributed by atoms with Gasteiger partial charge in [0.15, 0.2) is 9.84 Å². The molecule has 2 unspecified atom stereocenters. The van der Waals surface area contributed by atoms with E-state index in [1.807, 2.05) is 19.1 Å². The summed E-state index contributed by atoms with van der Waals surface area (Å²) in [4.78, 5) is 0.477. The predicted molar refractivity (Wildman–Crippen MR) is 72.0 cm³/mol. The minimum atomic E-state index is -3.08. The molecular formula is C13H20N2O2S. The number of hydrogen-bond donors (Lipinski definition) is 2. The van der Waals surface area contributed by atoms with Gasteiger partial charge in [0.1, 0.15) is 0 Å². The minimum absolute atomic E-state index is 0.134. The maximum atomic E-state index is 11.9. The van der Waals surface area contributed by atoms with Crippen molar-refractivity contribution in [2.45, 2.75) is 30.7 Å². The Morgan fingerprint density at radius 2 is 2.11 bits per heavy atom. The minimum Gasteiger partial charge on any atom is -0.330 e. The van der Waals surface area contributed by atoms with Gasteiger partial charge in [-0.05, 0) is 42.5 Å². The highest BCUT2D eigenvalue weighted by atomic mass is 32.2. The summed E-state index contributed by atoms with van der Waals surface area (Å²) in [5.41, 5.74) is 13.6. The number of fused-ring (bicyclic) bond motifs is 1. The summed E-state index contributed by atoms with van der Waals surface area (Å²) < 4.78 is 23.8. The zero-order chi connectivity index (χ0) is 13.3. The van der Waals surface area contributed by atoms with Crippen LogP contribution in [0.25, 0.3) is 0 Å². The van der Waals surface area contributed by atoms with Gasteiger partial charge in [0, 0.05) is 6.04 Å². The van der Waals surface area contributed by atoms with Gasteiger partial charge in [0.2, 0.25) is 0 Å². The van der Waals surface area contributed by atoms with E-state index in [9.17, 15) is 8.42 Å². The molecule has 1 aromatic carbocycles. The SMILES string of the molecule is CC(CN)C(N)c1ccc2c(c1)CCCS2(=O)=O. The van der Waals surface area contributed by atoms with Crippen LogP contribution < -0.4 is 11.5 Å². The molecule has 0 aliphatic carbocycles. The van der Waals surface area contributed by atoms with E-state index in [0.717, 1.165) is 17.5 Å². The molecule has 0 saturated heterocycles. The second kappa shape index (κ2) is 4.99. The molecule has 0 radical (unpaired) electrons. The first kappa shape index (κ1) is 13.5. The fraction of sp³-hybridized carbons (Fsp3) is 0.538. The Hall–Kier alpha value is -0.910. The van der Waals surface area contributed by atoms with Crippen molar-refractivity contribution >= 4 is 9.84 Å². The van der Waals surface area contributed by atoms with Gasteiger partial charge in [-0.3, -0.25) is 0 Å². The van der Waals surface area contributed by atoms with Gasteiger partial charge in [-0.2, -0.15) is 0 Å². The Bertz CT molecular complexity index is 540. The molecule has 2 rings (SSSR count). The molecule has 5 heteroatoms. The third kappa shape index (κ3) is 2.43. The normalized spacial score (nSPS) is 21.1. The molecule has 4 nitrogen and oxygen atoms in total. The van der Waals surface area contributed by atoms with Crippen LogP contribution in [-0.2, 0) is 16.3 Å². The summed E-state index contributed by atoms with van der Waals surface area (Å²) in [6.07, 6.45) is 1.51. The van der Waals surface area contributed by atoms with E-state index in [2.05, 4.69) is 0 Å². The lowest BCUT2D eigenvalue weighted by Gasteiger charge is -2.22. The number of sulfone groups is 1. The summed E-state index contributed by atoms with van der Waals surface area (Å²) >= 11 is 0. The van der Waals surface area contributed by atoms with Crippen LogP contribution in [-0.4, -0.2) is 20.7 Å². The quantitative estimate of drug-likeness (QED) is 0.856. The molecule has 100 valence electrons. The summed E-state index contributed by atoms with van der Waals surface area (Å²) in [6.45, 7) is 2.53. The number of rotatable bonds is 3. The van der Waals surface area contributed by atoms with Crippen LogP contribution in [0.5, 0.6) is 0 Å². The van der Waals surface area contributed by atoms with Gasteiger partial charge in [-0.25, -0.2) is 8.42 Å². The number of nitrogens with two attached hydrogens (primary N) is 2. The van der Waals surface area contributed by atoms with E-state index in [-0.39, 0.29) is 17.7 Å². The van der Waals surface area contributed by atoms with Crippen molar-refractivity contribution in [1.82, 2.24) is 0 Å². The topological polar surface area (TPSA) is 86.2 Å². The molecule has 1 aliphatic heterocycles. The molecule has 0 fully saturated rings. The van der Waals surface area contributed by atoms with E-state index in [0.29, 0.717) is 17.9 Å². The zero-order valence-corrected chi connectivity index (χ0v) is 11.4. The Morgan fingerprint density at radius 3 is 2.78 bits per heavy atom.